The lowest BCUT2D eigenvalue weighted by Gasteiger charge is -2.17. The van der Waals surface area contributed by atoms with E-state index >= 15 is 0 Å². The molecule has 2 amide bonds. The van der Waals surface area contributed by atoms with Gasteiger partial charge >= 0.3 is 0 Å². The summed E-state index contributed by atoms with van der Waals surface area (Å²) in [7, 11) is 3.58. The smallest absolute Gasteiger partial charge is 0.263 e. The van der Waals surface area contributed by atoms with Crippen molar-refractivity contribution in [2.75, 3.05) is 27.2 Å². The van der Waals surface area contributed by atoms with Crippen molar-refractivity contribution in [3.05, 3.63) is 50.8 Å². The quantitative estimate of drug-likeness (QED) is 0.651. The van der Waals surface area contributed by atoms with Crippen LogP contribution in [0.15, 0.2) is 29.6 Å². The molecule has 1 atom stereocenters. The zero-order valence-corrected chi connectivity index (χ0v) is 17.9. The number of nitrogens with zero attached hydrogens (tertiary/aromatic N) is 3. The van der Waals surface area contributed by atoms with Gasteiger partial charge in [-0.1, -0.05) is 18.2 Å². The first kappa shape index (κ1) is 19.1. The lowest BCUT2D eigenvalue weighted by Crippen LogP contribution is -2.30. The molecule has 0 bridgehead atoms. The summed E-state index contributed by atoms with van der Waals surface area (Å²) in [5.74, 6) is 0.350. The molecule has 0 radical (unpaired) electrons. The molecule has 1 fully saturated rings. The maximum Gasteiger partial charge on any atom is 0.263 e. The van der Waals surface area contributed by atoms with Gasteiger partial charge in [-0.3, -0.25) is 9.59 Å². The maximum atomic E-state index is 12.8. The Hall–Kier alpha value is -2.25. The van der Waals surface area contributed by atoms with Crippen LogP contribution in [0.4, 0.5) is 0 Å². The predicted molar refractivity (Wildman–Crippen MR) is 114 cm³/mol. The van der Waals surface area contributed by atoms with E-state index in [-0.39, 0.29) is 17.7 Å². The molecule has 1 aromatic carbocycles. The molecule has 28 heavy (non-hydrogen) atoms. The molecule has 1 aliphatic rings. The number of rotatable bonds is 4. The van der Waals surface area contributed by atoms with Gasteiger partial charge in [0.2, 0.25) is 5.91 Å². The normalized spacial score (nSPS) is 16.7. The molecule has 7 heteroatoms. The molecular formula is C21H23N3O2S2. The molecule has 1 aliphatic heterocycles. The summed E-state index contributed by atoms with van der Waals surface area (Å²) in [4.78, 5) is 34.3. The van der Waals surface area contributed by atoms with Gasteiger partial charge in [0.25, 0.3) is 5.91 Å². The van der Waals surface area contributed by atoms with Crippen molar-refractivity contribution in [2.45, 2.75) is 25.7 Å². The number of hydrogen-bond acceptors (Lipinski definition) is 5. The Balaban J connectivity index is 1.59. The van der Waals surface area contributed by atoms with Crippen LogP contribution in [-0.4, -0.2) is 53.8 Å². The summed E-state index contributed by atoms with van der Waals surface area (Å²) in [5, 5.41) is 4.09. The number of fused-ring (bicyclic) bond motifs is 1. The molecule has 0 spiro atoms. The molecule has 5 nitrogen and oxygen atoms in total. The van der Waals surface area contributed by atoms with Gasteiger partial charge in [0, 0.05) is 43.2 Å². The largest absolute Gasteiger partial charge is 0.344 e. The van der Waals surface area contributed by atoms with Crippen molar-refractivity contribution in [1.29, 1.82) is 0 Å². The Morgan fingerprint density at radius 1 is 1.29 bits per heavy atom. The van der Waals surface area contributed by atoms with Crippen LogP contribution in [0.2, 0.25) is 0 Å². The highest BCUT2D eigenvalue weighted by Gasteiger charge is 2.33. The van der Waals surface area contributed by atoms with Crippen LogP contribution >= 0.6 is 22.7 Å². The van der Waals surface area contributed by atoms with Crippen LogP contribution in [0.3, 0.4) is 0 Å². The average molecular weight is 414 g/mol. The summed E-state index contributed by atoms with van der Waals surface area (Å²) in [6.07, 6.45) is 1.24. The standard InChI is InChI=1S/C21H23N3O2S2/c1-13-22-15(12-27-13)10-18(25)24-9-8-14(11-24)19-16-6-4-5-7-17(16)28-20(19)21(26)23(2)3/h4-7,12,14H,8-11H2,1-3H3. The minimum absolute atomic E-state index is 0.0407. The highest BCUT2D eigenvalue weighted by Crippen LogP contribution is 2.40. The first-order valence-electron chi connectivity index (χ1n) is 9.36. The number of carbonyl (C=O) groups is 2. The lowest BCUT2D eigenvalue weighted by atomic mass is 9.95. The van der Waals surface area contributed by atoms with Crippen LogP contribution in [-0.2, 0) is 11.2 Å². The molecule has 1 saturated heterocycles. The number of thiophene rings is 1. The first-order valence-corrected chi connectivity index (χ1v) is 11.1. The van der Waals surface area contributed by atoms with Gasteiger partial charge in [0.15, 0.2) is 0 Å². The number of aromatic nitrogens is 1. The van der Waals surface area contributed by atoms with Gasteiger partial charge in [-0.2, -0.15) is 0 Å². The summed E-state index contributed by atoms with van der Waals surface area (Å²) in [5.41, 5.74) is 1.96. The monoisotopic (exact) mass is 413 g/mol. The predicted octanol–water partition coefficient (Wildman–Crippen LogP) is 3.93. The van der Waals surface area contributed by atoms with Crippen LogP contribution in [0, 0.1) is 6.92 Å². The molecule has 3 aromatic rings. The van der Waals surface area contributed by atoms with Gasteiger partial charge in [0.1, 0.15) is 0 Å². The Labute approximate surface area is 172 Å². The molecule has 0 aliphatic carbocycles. The molecular weight excluding hydrogens is 390 g/mol. The maximum absolute atomic E-state index is 12.8. The van der Waals surface area contributed by atoms with Gasteiger partial charge in [-0.25, -0.2) is 4.98 Å². The fraction of sp³-hybridized carbons (Fsp3) is 0.381. The van der Waals surface area contributed by atoms with Crippen LogP contribution in [0.1, 0.15) is 38.3 Å². The van der Waals surface area contributed by atoms with E-state index in [0.717, 1.165) is 44.2 Å². The third kappa shape index (κ3) is 3.56. The van der Waals surface area contributed by atoms with Gasteiger partial charge < -0.3 is 9.80 Å². The fourth-order valence-corrected chi connectivity index (χ4v) is 5.73. The highest BCUT2D eigenvalue weighted by atomic mass is 32.1. The Morgan fingerprint density at radius 2 is 2.07 bits per heavy atom. The van der Waals surface area contributed by atoms with E-state index in [4.69, 9.17) is 0 Å². The van der Waals surface area contributed by atoms with E-state index in [2.05, 4.69) is 17.1 Å². The Bertz CT molecular complexity index is 1040. The average Bonchev–Trinajstić information content (AvgIpc) is 3.38. The van der Waals surface area contributed by atoms with E-state index in [0.29, 0.717) is 13.0 Å². The number of aryl methyl sites for hydroxylation is 1. The molecule has 0 saturated carbocycles. The van der Waals surface area contributed by atoms with E-state index in [9.17, 15) is 9.59 Å². The Morgan fingerprint density at radius 3 is 2.79 bits per heavy atom. The highest BCUT2D eigenvalue weighted by molar-refractivity contribution is 7.21. The molecule has 1 unspecified atom stereocenters. The second kappa shape index (κ2) is 7.64. The summed E-state index contributed by atoms with van der Waals surface area (Å²) in [6, 6.07) is 8.19. The molecule has 3 heterocycles. The minimum atomic E-state index is 0.0407. The van der Waals surface area contributed by atoms with Crippen molar-refractivity contribution < 1.29 is 9.59 Å². The summed E-state index contributed by atoms with van der Waals surface area (Å²) in [6.45, 7) is 3.35. The number of amides is 2. The van der Waals surface area contributed by atoms with Gasteiger partial charge in [0.05, 0.1) is 22.0 Å². The van der Waals surface area contributed by atoms with Crippen molar-refractivity contribution >= 4 is 44.6 Å². The number of carbonyl (C=O) groups excluding carboxylic acids is 2. The molecule has 0 N–H and O–H groups in total. The van der Waals surface area contributed by atoms with E-state index in [1.54, 1.807) is 41.7 Å². The SMILES string of the molecule is Cc1nc(CC(=O)N2CCC(c3c(C(=O)N(C)C)sc4ccccc34)C2)cs1. The fourth-order valence-electron chi connectivity index (χ4n) is 3.81. The third-order valence-corrected chi connectivity index (χ3v) is 7.18. The topological polar surface area (TPSA) is 53.5 Å². The lowest BCUT2D eigenvalue weighted by molar-refractivity contribution is -0.129. The van der Waals surface area contributed by atoms with E-state index in [1.807, 2.05) is 29.3 Å². The molecule has 2 aromatic heterocycles. The number of benzene rings is 1. The van der Waals surface area contributed by atoms with E-state index < -0.39 is 0 Å². The van der Waals surface area contributed by atoms with Crippen molar-refractivity contribution in [3.63, 3.8) is 0 Å². The van der Waals surface area contributed by atoms with Crippen LogP contribution in [0.25, 0.3) is 10.1 Å². The zero-order chi connectivity index (χ0) is 19.8. The van der Waals surface area contributed by atoms with Crippen molar-refractivity contribution in [3.8, 4) is 0 Å². The zero-order valence-electron chi connectivity index (χ0n) is 16.3. The van der Waals surface area contributed by atoms with Crippen molar-refractivity contribution in [2.24, 2.45) is 0 Å². The third-order valence-electron chi connectivity index (χ3n) is 5.18. The first-order chi connectivity index (χ1) is 13.4. The van der Waals surface area contributed by atoms with Crippen LogP contribution < -0.4 is 0 Å². The Kier molecular flexibility index (Phi) is 5.21. The minimum Gasteiger partial charge on any atom is -0.344 e. The summed E-state index contributed by atoms with van der Waals surface area (Å²) >= 11 is 3.13. The van der Waals surface area contributed by atoms with E-state index in [1.165, 1.54) is 0 Å². The number of thiazole rings is 1. The second-order valence-corrected chi connectivity index (χ2v) is 9.52. The van der Waals surface area contributed by atoms with Gasteiger partial charge in [-0.05, 0) is 30.4 Å². The molecule has 4 rings (SSSR count). The van der Waals surface area contributed by atoms with Crippen molar-refractivity contribution in [1.82, 2.24) is 14.8 Å². The number of hydrogen-bond donors (Lipinski definition) is 0. The summed E-state index contributed by atoms with van der Waals surface area (Å²) < 4.78 is 1.13. The van der Waals surface area contributed by atoms with Crippen LogP contribution in [0.5, 0.6) is 0 Å². The second-order valence-electron chi connectivity index (χ2n) is 7.40. The molecule has 146 valence electrons. The number of likely N-dealkylation sites (tertiary alicyclic amines) is 1. The van der Waals surface area contributed by atoms with Gasteiger partial charge in [-0.15, -0.1) is 22.7 Å².